The zero-order chi connectivity index (χ0) is 28.6. The van der Waals surface area contributed by atoms with Gasteiger partial charge in [-0.25, -0.2) is 4.79 Å². The Morgan fingerprint density at radius 1 is 0.949 bits per heavy atom. The van der Waals surface area contributed by atoms with Gasteiger partial charge in [-0.2, -0.15) is 0 Å². The topological polar surface area (TPSA) is 85.4 Å². The number of ketones is 1. The molecule has 5 aliphatic carbocycles. The van der Waals surface area contributed by atoms with Gasteiger partial charge in [-0.05, 0) is 106 Å². The van der Waals surface area contributed by atoms with E-state index >= 15 is 0 Å². The summed E-state index contributed by atoms with van der Waals surface area (Å²) in [6.45, 7) is 16.5. The van der Waals surface area contributed by atoms with E-state index in [1.54, 1.807) is 0 Å². The molecule has 6 aliphatic rings. The molecule has 0 radical (unpaired) electrons. The Morgan fingerprint density at radius 2 is 1.59 bits per heavy atom. The Labute approximate surface area is 234 Å². The van der Waals surface area contributed by atoms with Gasteiger partial charge >= 0.3 is 12.1 Å². The van der Waals surface area contributed by atoms with Crippen molar-refractivity contribution in [1.82, 2.24) is 4.90 Å². The first-order valence-corrected chi connectivity index (χ1v) is 15.2. The number of ether oxygens (including phenoxy) is 3. The fraction of sp³-hybridized carbons (Fsp3) is 0.906. The van der Waals surface area contributed by atoms with E-state index in [2.05, 4.69) is 27.7 Å². The van der Waals surface area contributed by atoms with Crippen LogP contribution in [0.2, 0.25) is 0 Å². The highest BCUT2D eigenvalue weighted by molar-refractivity contribution is 5.94. The van der Waals surface area contributed by atoms with Gasteiger partial charge in [0.25, 0.3) is 0 Å². The van der Waals surface area contributed by atoms with Crippen molar-refractivity contribution in [1.29, 1.82) is 0 Å². The SMILES string of the molecule is CC(=O)OCC(=O)C12OC1C[C@@]1(C)[C@@H]3CC[C@H]4C(C)(C)[C@@H](N(C)C(=O)OC(C)(C)C)CC[C@@]45C[C@@]35CC[C@]21C. The van der Waals surface area contributed by atoms with Gasteiger partial charge in [0.1, 0.15) is 5.60 Å². The van der Waals surface area contributed by atoms with Crippen molar-refractivity contribution in [2.75, 3.05) is 13.7 Å². The van der Waals surface area contributed by atoms with Gasteiger partial charge in [0.15, 0.2) is 12.2 Å². The molecule has 218 valence electrons. The van der Waals surface area contributed by atoms with Crippen LogP contribution in [0.25, 0.3) is 0 Å². The normalized spacial score (nSPS) is 48.3. The average molecular weight is 544 g/mol. The largest absolute Gasteiger partial charge is 0.458 e. The van der Waals surface area contributed by atoms with Crippen molar-refractivity contribution in [3.8, 4) is 0 Å². The number of carbonyl (C=O) groups excluding carboxylic acids is 3. The molecule has 1 heterocycles. The number of fused-ring (bicyclic) bond motifs is 4. The summed E-state index contributed by atoms with van der Waals surface area (Å²) in [6, 6.07) is 0.163. The minimum absolute atomic E-state index is 0.00216. The number of hydrogen-bond donors (Lipinski definition) is 0. The number of amides is 1. The second kappa shape index (κ2) is 7.80. The first kappa shape index (κ1) is 27.5. The predicted octanol–water partition coefficient (Wildman–Crippen LogP) is 5.92. The third-order valence-electron chi connectivity index (χ3n) is 13.4. The van der Waals surface area contributed by atoms with Gasteiger partial charge in [-0.1, -0.05) is 27.7 Å². The van der Waals surface area contributed by atoms with Crippen LogP contribution < -0.4 is 0 Å². The van der Waals surface area contributed by atoms with Crippen LogP contribution in [0.15, 0.2) is 0 Å². The van der Waals surface area contributed by atoms with E-state index in [0.717, 1.165) is 25.7 Å². The minimum atomic E-state index is -0.787. The summed E-state index contributed by atoms with van der Waals surface area (Å²) < 4.78 is 17.2. The van der Waals surface area contributed by atoms with Crippen molar-refractivity contribution in [3.63, 3.8) is 0 Å². The molecule has 9 atom stereocenters. The number of nitrogens with zero attached hydrogens (tertiary/aromatic N) is 1. The van der Waals surface area contributed by atoms with E-state index in [1.807, 2.05) is 32.7 Å². The molecule has 7 nitrogen and oxygen atoms in total. The molecule has 1 aliphatic heterocycles. The van der Waals surface area contributed by atoms with Crippen LogP contribution in [0, 0.1) is 38.9 Å². The number of rotatable bonds is 4. The van der Waals surface area contributed by atoms with Gasteiger partial charge in [0.2, 0.25) is 5.78 Å². The summed E-state index contributed by atoms with van der Waals surface area (Å²) >= 11 is 0. The smallest absolute Gasteiger partial charge is 0.410 e. The summed E-state index contributed by atoms with van der Waals surface area (Å²) in [4.78, 5) is 39.9. The summed E-state index contributed by atoms with van der Waals surface area (Å²) in [5.74, 6) is 0.686. The molecule has 7 heteroatoms. The first-order valence-electron chi connectivity index (χ1n) is 15.2. The molecule has 2 spiro atoms. The molecule has 39 heavy (non-hydrogen) atoms. The molecule has 6 fully saturated rings. The Kier molecular flexibility index (Phi) is 5.51. The zero-order valence-corrected chi connectivity index (χ0v) is 25.6. The number of Topliss-reactive ketones (excluding diaryl/α,β-unsaturated/α-hetero) is 1. The molecule has 2 unspecified atom stereocenters. The van der Waals surface area contributed by atoms with Crippen LogP contribution in [0.1, 0.15) is 107 Å². The number of carbonyl (C=O) groups is 3. The highest BCUT2D eigenvalue weighted by atomic mass is 16.6. The third-order valence-corrected chi connectivity index (χ3v) is 13.4. The van der Waals surface area contributed by atoms with E-state index in [4.69, 9.17) is 14.2 Å². The van der Waals surface area contributed by atoms with Crippen molar-refractivity contribution in [3.05, 3.63) is 0 Å². The van der Waals surface area contributed by atoms with Crippen LogP contribution in [-0.4, -0.2) is 59.7 Å². The maximum atomic E-state index is 13.5. The second-order valence-electron chi connectivity index (χ2n) is 16.1. The van der Waals surface area contributed by atoms with Crippen LogP contribution in [0.4, 0.5) is 4.79 Å². The number of hydrogen-bond acceptors (Lipinski definition) is 6. The lowest BCUT2D eigenvalue weighted by Crippen LogP contribution is -2.62. The van der Waals surface area contributed by atoms with E-state index < -0.39 is 17.2 Å². The van der Waals surface area contributed by atoms with E-state index in [9.17, 15) is 14.4 Å². The highest BCUT2D eigenvalue weighted by Gasteiger charge is 2.89. The predicted molar refractivity (Wildman–Crippen MR) is 146 cm³/mol. The third kappa shape index (κ3) is 3.23. The molecule has 0 N–H and O–H groups in total. The highest BCUT2D eigenvalue weighted by Crippen LogP contribution is 2.90. The van der Waals surface area contributed by atoms with Crippen LogP contribution in [0.3, 0.4) is 0 Å². The monoisotopic (exact) mass is 543 g/mol. The van der Waals surface area contributed by atoms with Crippen LogP contribution in [0.5, 0.6) is 0 Å². The quantitative estimate of drug-likeness (QED) is 0.323. The van der Waals surface area contributed by atoms with Gasteiger partial charge in [-0.3, -0.25) is 9.59 Å². The molecule has 0 aromatic heterocycles. The van der Waals surface area contributed by atoms with E-state index in [1.165, 1.54) is 32.6 Å². The summed E-state index contributed by atoms with van der Waals surface area (Å²) in [5.41, 5.74) is -0.837. The lowest BCUT2D eigenvalue weighted by molar-refractivity contribution is -0.177. The molecule has 1 saturated heterocycles. The summed E-state index contributed by atoms with van der Waals surface area (Å²) in [6.07, 6.45) is 8.59. The standard InChI is InChI=1S/C32H49NO6/c1-19(34)37-17-23(35)32-24(38-32)16-28(7)21-11-10-20-27(5,6)22(33(9)25(36)39-26(2,3)4)12-13-30(20)18-31(21,30)15-14-29(28,32)8/h20-22,24H,10-18H2,1-9H3/t20-,21-,22-,24?,28-,29-,30+,31-,32?/m0/s1. The first-order chi connectivity index (χ1) is 17.9. The zero-order valence-electron chi connectivity index (χ0n) is 25.6. The van der Waals surface area contributed by atoms with Gasteiger partial charge < -0.3 is 19.1 Å². The van der Waals surface area contributed by atoms with Crippen LogP contribution >= 0.6 is 0 Å². The average Bonchev–Trinajstić information content (AvgIpc) is 3.68. The Hall–Kier alpha value is -1.63. The molecular weight excluding hydrogens is 494 g/mol. The van der Waals surface area contributed by atoms with Crippen molar-refractivity contribution in [2.24, 2.45) is 38.9 Å². The van der Waals surface area contributed by atoms with Gasteiger partial charge in [-0.15, -0.1) is 0 Å². The Morgan fingerprint density at radius 3 is 2.23 bits per heavy atom. The Bertz CT molecular complexity index is 1130. The molecule has 6 rings (SSSR count). The summed E-state index contributed by atoms with van der Waals surface area (Å²) in [5, 5.41) is 0. The Balaban J connectivity index is 1.25. The van der Waals surface area contributed by atoms with E-state index in [0.29, 0.717) is 22.7 Å². The number of epoxide rings is 1. The number of esters is 1. The molecule has 0 aromatic rings. The van der Waals surface area contributed by atoms with E-state index in [-0.39, 0.29) is 46.9 Å². The van der Waals surface area contributed by atoms with Crippen molar-refractivity contribution in [2.45, 2.75) is 130 Å². The maximum Gasteiger partial charge on any atom is 0.410 e. The molecular formula is C32H49NO6. The van der Waals surface area contributed by atoms with Gasteiger partial charge in [0, 0.05) is 25.4 Å². The molecule has 1 amide bonds. The van der Waals surface area contributed by atoms with Crippen LogP contribution in [-0.2, 0) is 23.8 Å². The molecule has 5 saturated carbocycles. The fourth-order valence-corrected chi connectivity index (χ4v) is 11.7. The molecule has 0 aromatic carbocycles. The lowest BCUT2D eigenvalue weighted by atomic mass is 9.41. The second-order valence-corrected chi connectivity index (χ2v) is 16.1. The van der Waals surface area contributed by atoms with Gasteiger partial charge in [0.05, 0.1) is 6.10 Å². The van der Waals surface area contributed by atoms with Crippen molar-refractivity contribution < 1.29 is 28.6 Å². The fourth-order valence-electron chi connectivity index (χ4n) is 11.7. The molecule has 0 bridgehead atoms. The maximum absolute atomic E-state index is 13.5. The minimum Gasteiger partial charge on any atom is -0.458 e. The lowest BCUT2D eigenvalue weighted by Gasteiger charge is -2.64. The van der Waals surface area contributed by atoms with Crippen molar-refractivity contribution >= 4 is 17.8 Å². The summed E-state index contributed by atoms with van der Waals surface area (Å²) in [7, 11) is 1.93.